The number of esters is 1. The Balaban J connectivity index is 1.40. The Morgan fingerprint density at radius 1 is 0.983 bits per heavy atom. The number of aromatic nitrogens is 3. The number of nitrogens with one attached hydrogen (secondary N) is 3. The summed E-state index contributed by atoms with van der Waals surface area (Å²) >= 11 is 0. The number of hydrogen-bond acceptors (Lipinski definition) is 9. The van der Waals surface area contributed by atoms with Gasteiger partial charge in [-0.25, -0.2) is 36.3 Å². The van der Waals surface area contributed by atoms with Gasteiger partial charge in [0.1, 0.15) is 29.6 Å². The van der Waals surface area contributed by atoms with Crippen LogP contribution in [0.4, 0.5) is 20.2 Å². The number of hydrogen-bond donors (Lipinski definition) is 3. The monoisotopic (exact) mass is 850 g/mol. The van der Waals surface area contributed by atoms with E-state index in [0.717, 1.165) is 17.4 Å². The van der Waals surface area contributed by atoms with Crippen molar-refractivity contribution in [1.82, 2.24) is 19.4 Å². The maximum atomic E-state index is 15.6. The zero-order chi connectivity index (χ0) is 44.4. The first-order valence-electron chi connectivity index (χ1n) is 19.7. The zero-order valence-electron chi connectivity index (χ0n) is 35.2. The third-order valence-corrected chi connectivity index (χ3v) is 12.4. The molecule has 14 nitrogen and oxygen atoms in total. The second-order valence-corrected chi connectivity index (χ2v) is 18.6. The van der Waals surface area contributed by atoms with Crippen molar-refractivity contribution in [3.63, 3.8) is 0 Å². The number of benzene rings is 2. The lowest BCUT2D eigenvalue weighted by Crippen LogP contribution is -2.46. The fourth-order valence-electron chi connectivity index (χ4n) is 7.01. The molecule has 1 saturated carbocycles. The Labute approximate surface area is 347 Å². The topological polar surface area (TPSA) is 188 Å². The highest BCUT2D eigenvalue weighted by Gasteiger charge is 2.36. The lowest BCUT2D eigenvalue weighted by molar-refractivity contribution is -0.158. The summed E-state index contributed by atoms with van der Waals surface area (Å²) in [5, 5.41) is 5.14. The quantitative estimate of drug-likeness (QED) is 0.145. The van der Waals surface area contributed by atoms with Crippen LogP contribution in [0.1, 0.15) is 88.0 Å². The summed E-state index contributed by atoms with van der Waals surface area (Å²) in [6.07, 6.45) is 3.04. The Kier molecular flexibility index (Phi) is 13.5. The van der Waals surface area contributed by atoms with Crippen LogP contribution < -0.4 is 26.6 Å². The summed E-state index contributed by atoms with van der Waals surface area (Å²) in [5.74, 6) is -4.31. The summed E-state index contributed by atoms with van der Waals surface area (Å²) in [6, 6.07) is 7.61. The van der Waals surface area contributed by atoms with Crippen molar-refractivity contribution in [2.75, 3.05) is 10.0 Å². The minimum absolute atomic E-state index is 0.0291. The molecule has 0 aliphatic heterocycles. The first kappa shape index (κ1) is 45.4. The van der Waals surface area contributed by atoms with Crippen molar-refractivity contribution in [3.8, 4) is 5.82 Å². The molecule has 1 fully saturated rings. The van der Waals surface area contributed by atoms with Crippen LogP contribution in [-0.4, -0.2) is 52.5 Å². The molecule has 4 atom stereocenters. The third-order valence-electron chi connectivity index (χ3n) is 11.0. The number of pyridine rings is 1. The van der Waals surface area contributed by atoms with Gasteiger partial charge < -0.3 is 19.9 Å². The first-order valence-corrected chi connectivity index (χ1v) is 21.2. The van der Waals surface area contributed by atoms with E-state index in [1.807, 2.05) is 18.6 Å². The van der Waals surface area contributed by atoms with Crippen LogP contribution in [0.25, 0.3) is 5.82 Å². The molecule has 2 amide bonds. The molecular weight excluding hydrogens is 799 g/mol. The van der Waals surface area contributed by atoms with E-state index in [-0.39, 0.29) is 40.8 Å². The van der Waals surface area contributed by atoms with Crippen LogP contribution >= 0.6 is 0 Å². The van der Waals surface area contributed by atoms with Gasteiger partial charge in [-0.05, 0) is 86.4 Å². The molecule has 0 bridgehead atoms. The van der Waals surface area contributed by atoms with Gasteiger partial charge in [-0.3, -0.25) is 19.1 Å². The second kappa shape index (κ2) is 17.9. The summed E-state index contributed by atoms with van der Waals surface area (Å²) in [6.45, 7) is 14.5. The minimum Gasteiger partial charge on any atom is -0.461 e. The molecule has 1 aliphatic rings. The van der Waals surface area contributed by atoms with Gasteiger partial charge in [-0.1, -0.05) is 54.0 Å². The molecule has 4 aromatic rings. The number of nitrogens with zero attached hydrogens (tertiary/aromatic N) is 3. The molecular formula is C43H52F2N6O8S. The number of amides is 2. The van der Waals surface area contributed by atoms with Crippen LogP contribution in [-0.2, 0) is 37.8 Å². The second-order valence-electron chi connectivity index (χ2n) is 16.9. The van der Waals surface area contributed by atoms with Crippen molar-refractivity contribution in [2.24, 2.45) is 30.2 Å². The van der Waals surface area contributed by atoms with E-state index in [1.165, 1.54) is 54.2 Å². The van der Waals surface area contributed by atoms with E-state index >= 15 is 8.78 Å². The highest BCUT2D eigenvalue weighted by atomic mass is 32.2. The Morgan fingerprint density at radius 3 is 2.25 bits per heavy atom. The van der Waals surface area contributed by atoms with Gasteiger partial charge in [0.25, 0.3) is 21.5 Å². The number of carbonyl (C=O) groups excluding carboxylic acids is 3. The van der Waals surface area contributed by atoms with E-state index < -0.39 is 73.6 Å². The molecule has 0 spiro atoms. The highest BCUT2D eigenvalue weighted by Crippen LogP contribution is 2.36. The maximum Gasteiger partial charge on any atom is 0.336 e. The van der Waals surface area contributed by atoms with Crippen molar-refractivity contribution in [1.29, 1.82) is 0 Å². The molecule has 1 aliphatic carbocycles. The molecule has 0 radical (unpaired) electrons. The maximum absolute atomic E-state index is 15.6. The molecule has 322 valence electrons. The molecule has 0 saturated heterocycles. The first-order chi connectivity index (χ1) is 28.0. The number of sulfonamides is 1. The summed E-state index contributed by atoms with van der Waals surface area (Å²) in [4.78, 5) is 69.9. The fourth-order valence-corrected chi connectivity index (χ4v) is 8.07. The van der Waals surface area contributed by atoms with Gasteiger partial charge in [0.2, 0.25) is 5.91 Å². The molecule has 17 heteroatoms. The van der Waals surface area contributed by atoms with Gasteiger partial charge in [-0.15, -0.1) is 0 Å². The smallest absolute Gasteiger partial charge is 0.336 e. The van der Waals surface area contributed by atoms with Crippen LogP contribution in [0, 0.1) is 48.7 Å². The Hall–Kier alpha value is -5.71. The van der Waals surface area contributed by atoms with Gasteiger partial charge in [0.05, 0.1) is 16.1 Å². The van der Waals surface area contributed by atoms with Crippen LogP contribution in [0.2, 0.25) is 0 Å². The van der Waals surface area contributed by atoms with Gasteiger partial charge in [0.15, 0.2) is 0 Å². The van der Waals surface area contributed by atoms with Crippen molar-refractivity contribution in [2.45, 2.75) is 98.1 Å². The standard InChI is InChI=1S/C43H52F2N6O8S/c1-23(2)30-16-10-24(3)18-36(30)59-40(54)35(19-27-11-17-37(46-22-27)51-39(53)25(4)26(5)50(9)42(51)56)48-38(52)31-20-33(45)34(21-32(31)44)49-60(57,58)29-14-12-28(13-15-29)47-41(55)43(6,7)8/h11-15,17,20-24,30,35-36,49H,10,16,18-19H2,1-9H3,(H,47,55)(H,48,52)/t24-,30+,35+,36?/m1/s1. The SMILES string of the molecule is Cc1c(C)n(C)c(=O)n(-c2ccc(C[C@H](NC(=O)c3cc(F)c(NS(=O)(=O)c4ccc(NC(=O)C(C)(C)C)cc4)cc3F)C(=O)OC3C[C@H](C)CC[C@H]3C(C)C)cn2)c1=O. The summed E-state index contributed by atoms with van der Waals surface area (Å²) < 4.78 is 67.7. The predicted molar refractivity (Wildman–Crippen MR) is 222 cm³/mol. The van der Waals surface area contributed by atoms with E-state index in [4.69, 9.17) is 4.74 Å². The summed E-state index contributed by atoms with van der Waals surface area (Å²) in [7, 11) is -2.93. The normalized spacial score (nSPS) is 17.5. The highest BCUT2D eigenvalue weighted by molar-refractivity contribution is 7.92. The molecule has 5 rings (SSSR count). The minimum atomic E-state index is -4.46. The van der Waals surface area contributed by atoms with E-state index in [9.17, 15) is 32.4 Å². The number of ether oxygens (including phenoxy) is 1. The van der Waals surface area contributed by atoms with Gasteiger partial charge >= 0.3 is 11.7 Å². The lowest BCUT2D eigenvalue weighted by Gasteiger charge is -2.37. The van der Waals surface area contributed by atoms with Crippen molar-refractivity contribution in [3.05, 3.63) is 110 Å². The van der Waals surface area contributed by atoms with E-state index in [0.29, 0.717) is 41.1 Å². The predicted octanol–water partition coefficient (Wildman–Crippen LogP) is 5.96. The average Bonchev–Trinajstić information content (AvgIpc) is 3.17. The van der Waals surface area contributed by atoms with Crippen molar-refractivity contribution < 1.29 is 36.3 Å². The molecule has 2 aromatic carbocycles. The number of carbonyl (C=O) groups is 3. The number of anilines is 2. The fraction of sp³-hybridized carbons (Fsp3) is 0.442. The van der Waals surface area contributed by atoms with Gasteiger partial charge in [-0.2, -0.15) is 0 Å². The van der Waals surface area contributed by atoms with Crippen LogP contribution in [0.15, 0.2) is 69.2 Å². The van der Waals surface area contributed by atoms with Crippen molar-refractivity contribution >= 4 is 39.2 Å². The molecule has 1 unspecified atom stereocenters. The third kappa shape index (κ3) is 10.2. The summed E-state index contributed by atoms with van der Waals surface area (Å²) in [5.41, 5.74) is -1.88. The molecule has 3 N–H and O–H groups in total. The average molecular weight is 851 g/mol. The number of rotatable bonds is 12. The molecule has 2 aromatic heterocycles. The Bertz CT molecular complexity index is 2480. The van der Waals surface area contributed by atoms with Gasteiger partial charge in [0, 0.05) is 48.1 Å². The number of halogens is 2. The van der Waals surface area contributed by atoms with Crippen LogP contribution in [0.5, 0.6) is 0 Å². The van der Waals surface area contributed by atoms with E-state index in [1.54, 1.807) is 34.6 Å². The van der Waals surface area contributed by atoms with E-state index in [2.05, 4.69) is 22.5 Å². The Morgan fingerprint density at radius 2 is 1.65 bits per heavy atom. The van der Waals surface area contributed by atoms with Crippen LogP contribution in [0.3, 0.4) is 0 Å². The molecule has 2 heterocycles. The lowest BCUT2D eigenvalue weighted by atomic mass is 9.75. The molecule has 60 heavy (non-hydrogen) atoms. The largest absolute Gasteiger partial charge is 0.461 e. The zero-order valence-corrected chi connectivity index (χ0v) is 36.0.